The monoisotopic (exact) mass is 284 g/mol. The van der Waals surface area contributed by atoms with Crippen LogP contribution in [0.2, 0.25) is 0 Å². The Kier molecular flexibility index (Phi) is 3.56. The van der Waals surface area contributed by atoms with E-state index in [0.29, 0.717) is 30.0 Å². The second-order valence-corrected chi connectivity index (χ2v) is 5.30. The van der Waals surface area contributed by atoms with Gasteiger partial charge in [-0.15, -0.1) is 0 Å². The number of nitrogens with zero attached hydrogens (tertiary/aromatic N) is 1. The number of amides is 1. The number of hydrogen-bond acceptors (Lipinski definition) is 3. The quantitative estimate of drug-likeness (QED) is 0.860. The third-order valence-electron chi connectivity index (χ3n) is 3.86. The predicted molar refractivity (Wildman–Crippen MR) is 80.8 cm³/mol. The highest BCUT2D eigenvalue weighted by Gasteiger charge is 2.18. The first-order valence-electron chi connectivity index (χ1n) is 7.12. The van der Waals surface area contributed by atoms with Crippen molar-refractivity contribution >= 4 is 28.7 Å². The maximum Gasteiger partial charge on any atom is 0.256 e. The summed E-state index contributed by atoms with van der Waals surface area (Å²) >= 11 is 0. The molecule has 1 aromatic heterocycles. The normalized spacial score (nSPS) is 16.0. The zero-order valence-electron chi connectivity index (χ0n) is 11.6. The molecule has 0 radical (unpaired) electrons. The van der Waals surface area contributed by atoms with Gasteiger partial charge < -0.3 is 9.88 Å². The summed E-state index contributed by atoms with van der Waals surface area (Å²) in [6, 6.07) is 6.98. The van der Waals surface area contributed by atoms with Gasteiger partial charge in [-0.3, -0.25) is 14.4 Å². The minimum absolute atomic E-state index is 0.104. The Bertz CT molecular complexity index is 764. The molecule has 108 valence electrons. The Morgan fingerprint density at radius 2 is 1.95 bits per heavy atom. The number of aldehydes is 1. The topological polar surface area (TPSA) is 70.2 Å². The molecule has 1 aromatic carbocycles. The first-order chi connectivity index (χ1) is 10.2. The summed E-state index contributed by atoms with van der Waals surface area (Å²) in [6.45, 7) is 0.689. The molecule has 1 aliphatic rings. The number of aromatic nitrogens is 1. The van der Waals surface area contributed by atoms with E-state index in [1.807, 2.05) is 6.07 Å². The van der Waals surface area contributed by atoms with E-state index in [1.54, 1.807) is 23.1 Å². The molecule has 0 saturated carbocycles. The third-order valence-corrected chi connectivity index (χ3v) is 3.86. The molecule has 0 unspecified atom stereocenters. The number of hydrogen-bond donors (Lipinski definition) is 1. The summed E-state index contributed by atoms with van der Waals surface area (Å²) in [5.41, 5.74) is 0.698. The maximum atomic E-state index is 12.1. The molecular weight excluding hydrogens is 268 g/mol. The van der Waals surface area contributed by atoms with Gasteiger partial charge in [-0.05, 0) is 36.4 Å². The lowest BCUT2D eigenvalue weighted by atomic mass is 10.1. The van der Waals surface area contributed by atoms with Gasteiger partial charge in [0, 0.05) is 24.0 Å². The molecule has 1 amide bonds. The number of H-pyrrole nitrogens is 1. The smallest absolute Gasteiger partial charge is 0.256 e. The fourth-order valence-corrected chi connectivity index (χ4v) is 2.76. The fourth-order valence-electron chi connectivity index (χ4n) is 2.76. The van der Waals surface area contributed by atoms with Crippen LogP contribution >= 0.6 is 0 Å². The van der Waals surface area contributed by atoms with Crippen LogP contribution < -0.4 is 10.5 Å². The van der Waals surface area contributed by atoms with Crippen molar-refractivity contribution in [1.29, 1.82) is 0 Å². The molecule has 2 aromatic rings. The van der Waals surface area contributed by atoms with Gasteiger partial charge in [0.25, 0.3) is 5.56 Å². The van der Waals surface area contributed by atoms with Crippen LogP contribution in [0.5, 0.6) is 0 Å². The summed E-state index contributed by atoms with van der Waals surface area (Å²) < 4.78 is 0. The van der Waals surface area contributed by atoms with Crippen molar-refractivity contribution in [3.8, 4) is 0 Å². The van der Waals surface area contributed by atoms with E-state index in [2.05, 4.69) is 4.98 Å². The van der Waals surface area contributed by atoms with Crippen LogP contribution in [0.1, 0.15) is 36.2 Å². The van der Waals surface area contributed by atoms with E-state index in [-0.39, 0.29) is 17.2 Å². The number of rotatable bonds is 2. The molecule has 0 atom stereocenters. The summed E-state index contributed by atoms with van der Waals surface area (Å²) in [7, 11) is 0. The Labute approximate surface area is 121 Å². The van der Waals surface area contributed by atoms with Crippen molar-refractivity contribution in [2.24, 2.45) is 0 Å². The molecule has 1 saturated heterocycles. The van der Waals surface area contributed by atoms with Crippen LogP contribution in [-0.4, -0.2) is 23.7 Å². The highest BCUT2D eigenvalue weighted by molar-refractivity contribution is 5.97. The van der Waals surface area contributed by atoms with Crippen molar-refractivity contribution in [2.45, 2.75) is 25.7 Å². The van der Waals surface area contributed by atoms with Crippen molar-refractivity contribution in [3.05, 3.63) is 40.3 Å². The maximum absolute atomic E-state index is 12.1. The van der Waals surface area contributed by atoms with Gasteiger partial charge in [-0.25, -0.2) is 0 Å². The molecule has 0 aliphatic carbocycles. The average Bonchev–Trinajstić information content (AvgIpc) is 2.71. The molecular formula is C16H16N2O3. The van der Waals surface area contributed by atoms with Gasteiger partial charge in [0.1, 0.15) is 0 Å². The third kappa shape index (κ3) is 2.59. The Morgan fingerprint density at radius 3 is 2.76 bits per heavy atom. The van der Waals surface area contributed by atoms with Gasteiger partial charge in [0.05, 0.1) is 5.69 Å². The van der Waals surface area contributed by atoms with E-state index in [1.165, 1.54) is 0 Å². The Morgan fingerprint density at radius 1 is 1.10 bits per heavy atom. The number of benzene rings is 1. The summed E-state index contributed by atoms with van der Waals surface area (Å²) in [5, 5.41) is 1.20. The van der Waals surface area contributed by atoms with Crippen LogP contribution in [0, 0.1) is 0 Å². The van der Waals surface area contributed by atoms with Crippen LogP contribution in [0.4, 0.5) is 5.69 Å². The second-order valence-electron chi connectivity index (χ2n) is 5.30. The largest absolute Gasteiger partial charge is 0.319 e. The molecule has 1 aliphatic heterocycles. The van der Waals surface area contributed by atoms with Crippen molar-refractivity contribution in [2.75, 3.05) is 11.4 Å². The number of pyridine rings is 1. The highest BCUT2D eigenvalue weighted by atomic mass is 16.2. The van der Waals surface area contributed by atoms with Crippen molar-refractivity contribution in [3.63, 3.8) is 0 Å². The molecule has 5 heteroatoms. The Hall–Kier alpha value is -2.43. The van der Waals surface area contributed by atoms with Gasteiger partial charge >= 0.3 is 0 Å². The van der Waals surface area contributed by atoms with E-state index >= 15 is 0 Å². The molecule has 21 heavy (non-hydrogen) atoms. The van der Waals surface area contributed by atoms with E-state index in [0.717, 1.165) is 24.9 Å². The van der Waals surface area contributed by atoms with Gasteiger partial charge in [0.2, 0.25) is 5.91 Å². The van der Waals surface area contributed by atoms with E-state index in [4.69, 9.17) is 0 Å². The second kappa shape index (κ2) is 5.52. The standard InChI is InChI=1S/C16H16N2O3/c19-10-12-8-11-5-6-13(9-14(11)16(21)17-12)18-7-3-1-2-4-15(18)20/h5-6,8-10H,1-4,7H2,(H,17,21). The minimum atomic E-state index is -0.307. The number of nitrogens with one attached hydrogen (secondary N) is 1. The van der Waals surface area contributed by atoms with Crippen molar-refractivity contribution < 1.29 is 9.59 Å². The fraction of sp³-hybridized carbons (Fsp3) is 0.312. The molecule has 1 fully saturated rings. The number of fused-ring (bicyclic) bond motifs is 1. The average molecular weight is 284 g/mol. The number of aromatic amines is 1. The summed E-state index contributed by atoms with van der Waals surface area (Å²) in [4.78, 5) is 39.2. The molecule has 1 N–H and O–H groups in total. The van der Waals surface area contributed by atoms with E-state index in [9.17, 15) is 14.4 Å². The summed E-state index contributed by atoms with van der Waals surface area (Å²) in [5.74, 6) is 0.104. The first kappa shape index (κ1) is 13.5. The van der Waals surface area contributed by atoms with Gasteiger partial charge in [-0.1, -0.05) is 12.5 Å². The van der Waals surface area contributed by atoms with Gasteiger partial charge in [0.15, 0.2) is 6.29 Å². The predicted octanol–water partition coefficient (Wildman–Crippen LogP) is 2.25. The van der Waals surface area contributed by atoms with Crippen LogP contribution in [-0.2, 0) is 4.79 Å². The van der Waals surface area contributed by atoms with Crippen LogP contribution in [0.25, 0.3) is 10.8 Å². The zero-order chi connectivity index (χ0) is 14.8. The van der Waals surface area contributed by atoms with Gasteiger partial charge in [-0.2, -0.15) is 0 Å². The Balaban J connectivity index is 2.08. The van der Waals surface area contributed by atoms with Crippen molar-refractivity contribution in [1.82, 2.24) is 4.98 Å². The highest BCUT2D eigenvalue weighted by Crippen LogP contribution is 2.23. The zero-order valence-corrected chi connectivity index (χ0v) is 11.6. The molecule has 0 bridgehead atoms. The number of carbonyl (C=O) groups excluding carboxylic acids is 2. The molecule has 2 heterocycles. The molecule has 0 spiro atoms. The molecule has 5 nitrogen and oxygen atoms in total. The van der Waals surface area contributed by atoms with Crippen LogP contribution in [0.15, 0.2) is 29.1 Å². The lowest BCUT2D eigenvalue weighted by Gasteiger charge is -2.21. The molecule has 3 rings (SSSR count). The lowest BCUT2D eigenvalue weighted by Crippen LogP contribution is -2.30. The minimum Gasteiger partial charge on any atom is -0.319 e. The number of carbonyl (C=O) groups is 2. The first-order valence-corrected chi connectivity index (χ1v) is 7.12. The van der Waals surface area contributed by atoms with Crippen LogP contribution in [0.3, 0.4) is 0 Å². The van der Waals surface area contributed by atoms with E-state index < -0.39 is 0 Å². The summed E-state index contributed by atoms with van der Waals surface area (Å²) in [6.07, 6.45) is 4.13. The SMILES string of the molecule is O=Cc1cc2ccc(N3CCCCCC3=O)cc2c(=O)[nH]1. The lowest BCUT2D eigenvalue weighted by molar-refractivity contribution is -0.118. The number of anilines is 1.